The fourth-order valence-corrected chi connectivity index (χ4v) is 1.76. The van der Waals surface area contributed by atoms with Crippen LogP contribution in [0, 0.1) is 0 Å². The highest BCUT2D eigenvalue weighted by molar-refractivity contribution is 5.76. The Balaban J connectivity index is 2.11. The van der Waals surface area contributed by atoms with Gasteiger partial charge >= 0.3 is 0 Å². The molecule has 1 saturated heterocycles. The molecule has 1 atom stereocenters. The number of amides is 1. The second-order valence-corrected chi connectivity index (χ2v) is 3.64. The van der Waals surface area contributed by atoms with Gasteiger partial charge in [-0.1, -0.05) is 6.07 Å². The summed E-state index contributed by atoms with van der Waals surface area (Å²) in [7, 11) is 1.61. The van der Waals surface area contributed by atoms with E-state index in [1.807, 2.05) is 18.2 Å². The molecular formula is C11H14N2O2. The number of nitrogens with one attached hydrogen (secondary N) is 1. The van der Waals surface area contributed by atoms with Crippen LogP contribution in [0.2, 0.25) is 0 Å². The van der Waals surface area contributed by atoms with Crippen molar-refractivity contribution in [2.75, 3.05) is 13.7 Å². The minimum Gasteiger partial charge on any atom is -0.481 e. The molecule has 1 amide bonds. The van der Waals surface area contributed by atoms with Crippen LogP contribution in [0.25, 0.3) is 0 Å². The summed E-state index contributed by atoms with van der Waals surface area (Å²) in [4.78, 5) is 15.4. The first kappa shape index (κ1) is 9.96. The Morgan fingerprint density at radius 3 is 3.07 bits per heavy atom. The highest BCUT2D eigenvalue weighted by Crippen LogP contribution is 2.23. The zero-order valence-electron chi connectivity index (χ0n) is 8.69. The number of carbonyl (C=O) groups excluding carboxylic acids is 1. The SMILES string of the molecule is COc1cccc(C2CCC(=O)NC2)n1. The van der Waals surface area contributed by atoms with Crippen LogP contribution >= 0.6 is 0 Å². The van der Waals surface area contributed by atoms with Gasteiger partial charge in [-0.3, -0.25) is 4.79 Å². The Morgan fingerprint density at radius 2 is 2.40 bits per heavy atom. The van der Waals surface area contributed by atoms with Crippen molar-refractivity contribution >= 4 is 5.91 Å². The zero-order chi connectivity index (χ0) is 10.7. The van der Waals surface area contributed by atoms with Crippen molar-refractivity contribution in [1.29, 1.82) is 0 Å². The summed E-state index contributed by atoms with van der Waals surface area (Å²) in [6.07, 6.45) is 1.45. The van der Waals surface area contributed by atoms with Crippen molar-refractivity contribution in [3.8, 4) is 5.88 Å². The minimum atomic E-state index is 0.133. The first-order chi connectivity index (χ1) is 7.29. The van der Waals surface area contributed by atoms with Crippen LogP contribution < -0.4 is 10.1 Å². The van der Waals surface area contributed by atoms with Gasteiger partial charge in [0.2, 0.25) is 11.8 Å². The molecule has 0 bridgehead atoms. The lowest BCUT2D eigenvalue weighted by Gasteiger charge is -2.21. The molecule has 0 saturated carbocycles. The average molecular weight is 206 g/mol. The number of aromatic nitrogens is 1. The highest BCUT2D eigenvalue weighted by atomic mass is 16.5. The summed E-state index contributed by atoms with van der Waals surface area (Å²) in [6.45, 7) is 0.680. The summed E-state index contributed by atoms with van der Waals surface area (Å²) >= 11 is 0. The van der Waals surface area contributed by atoms with Gasteiger partial charge in [-0.05, 0) is 12.5 Å². The van der Waals surface area contributed by atoms with E-state index in [4.69, 9.17) is 4.74 Å². The van der Waals surface area contributed by atoms with E-state index in [1.54, 1.807) is 7.11 Å². The van der Waals surface area contributed by atoms with E-state index < -0.39 is 0 Å². The monoisotopic (exact) mass is 206 g/mol. The first-order valence-corrected chi connectivity index (χ1v) is 5.07. The highest BCUT2D eigenvalue weighted by Gasteiger charge is 2.20. The Bertz CT molecular complexity index is 355. The lowest BCUT2D eigenvalue weighted by Crippen LogP contribution is -2.33. The molecule has 1 aliphatic rings. The van der Waals surface area contributed by atoms with Gasteiger partial charge in [-0.25, -0.2) is 4.98 Å². The molecule has 1 aromatic rings. The molecule has 2 rings (SSSR count). The second kappa shape index (κ2) is 4.29. The van der Waals surface area contributed by atoms with Gasteiger partial charge in [0.15, 0.2) is 0 Å². The maximum atomic E-state index is 11.0. The van der Waals surface area contributed by atoms with Crippen molar-refractivity contribution in [3.05, 3.63) is 23.9 Å². The Morgan fingerprint density at radius 1 is 1.53 bits per heavy atom. The van der Waals surface area contributed by atoms with Crippen molar-refractivity contribution in [2.24, 2.45) is 0 Å². The molecule has 4 heteroatoms. The molecule has 1 aromatic heterocycles. The quantitative estimate of drug-likeness (QED) is 0.787. The summed E-state index contributed by atoms with van der Waals surface area (Å²) in [6, 6.07) is 5.73. The molecule has 2 heterocycles. The Hall–Kier alpha value is -1.58. The number of methoxy groups -OCH3 is 1. The lowest BCUT2D eigenvalue weighted by atomic mass is 9.95. The third kappa shape index (κ3) is 2.26. The van der Waals surface area contributed by atoms with E-state index >= 15 is 0 Å². The van der Waals surface area contributed by atoms with E-state index in [9.17, 15) is 4.79 Å². The summed E-state index contributed by atoms with van der Waals surface area (Å²) in [5, 5.41) is 2.85. The molecule has 0 radical (unpaired) electrons. The molecule has 0 aliphatic carbocycles. The number of nitrogens with zero attached hydrogens (tertiary/aromatic N) is 1. The van der Waals surface area contributed by atoms with Crippen molar-refractivity contribution in [1.82, 2.24) is 10.3 Å². The van der Waals surface area contributed by atoms with Crippen LogP contribution in [-0.4, -0.2) is 24.5 Å². The predicted molar refractivity (Wildman–Crippen MR) is 55.8 cm³/mol. The second-order valence-electron chi connectivity index (χ2n) is 3.64. The van der Waals surface area contributed by atoms with Crippen LogP contribution in [0.5, 0.6) is 5.88 Å². The van der Waals surface area contributed by atoms with E-state index in [0.717, 1.165) is 12.1 Å². The molecule has 1 fully saturated rings. The summed E-state index contributed by atoms with van der Waals surface area (Å²) in [5.41, 5.74) is 0.995. The van der Waals surface area contributed by atoms with E-state index in [1.165, 1.54) is 0 Å². The van der Waals surface area contributed by atoms with Crippen molar-refractivity contribution < 1.29 is 9.53 Å². The minimum absolute atomic E-state index is 0.133. The average Bonchev–Trinajstić information content (AvgIpc) is 2.30. The van der Waals surface area contributed by atoms with Crippen LogP contribution in [0.3, 0.4) is 0 Å². The van der Waals surface area contributed by atoms with E-state index in [2.05, 4.69) is 10.3 Å². The largest absolute Gasteiger partial charge is 0.481 e. The molecule has 1 N–H and O–H groups in total. The smallest absolute Gasteiger partial charge is 0.220 e. The maximum Gasteiger partial charge on any atom is 0.220 e. The number of rotatable bonds is 2. The Labute approximate surface area is 88.7 Å². The number of ether oxygens (including phenoxy) is 1. The van der Waals surface area contributed by atoms with Crippen LogP contribution in [-0.2, 0) is 4.79 Å². The third-order valence-corrected chi connectivity index (χ3v) is 2.64. The predicted octanol–water partition coefficient (Wildman–Crippen LogP) is 1.08. The fourth-order valence-electron chi connectivity index (χ4n) is 1.76. The topological polar surface area (TPSA) is 51.2 Å². The van der Waals surface area contributed by atoms with Gasteiger partial charge in [0, 0.05) is 30.6 Å². The normalized spacial score (nSPS) is 20.9. The number of carbonyl (C=O) groups is 1. The maximum absolute atomic E-state index is 11.0. The van der Waals surface area contributed by atoms with Gasteiger partial charge in [0.05, 0.1) is 7.11 Å². The number of piperidine rings is 1. The van der Waals surface area contributed by atoms with Gasteiger partial charge < -0.3 is 10.1 Å². The number of hydrogen-bond donors (Lipinski definition) is 1. The molecular weight excluding hydrogens is 192 g/mol. The fraction of sp³-hybridized carbons (Fsp3) is 0.455. The summed E-state index contributed by atoms with van der Waals surface area (Å²) in [5.74, 6) is 1.08. The molecule has 80 valence electrons. The van der Waals surface area contributed by atoms with Gasteiger partial charge in [0.1, 0.15) is 0 Å². The van der Waals surface area contributed by atoms with Crippen LogP contribution in [0.15, 0.2) is 18.2 Å². The Kier molecular flexibility index (Phi) is 2.85. The number of pyridine rings is 1. The molecule has 4 nitrogen and oxygen atoms in total. The van der Waals surface area contributed by atoms with Gasteiger partial charge in [0.25, 0.3) is 0 Å². The standard InChI is InChI=1S/C11H14N2O2/c1-15-11-4-2-3-9(13-11)8-5-6-10(14)12-7-8/h2-4,8H,5-7H2,1H3,(H,12,14). The molecule has 0 spiro atoms. The molecule has 0 aromatic carbocycles. The van der Waals surface area contributed by atoms with Crippen LogP contribution in [0.4, 0.5) is 0 Å². The third-order valence-electron chi connectivity index (χ3n) is 2.64. The molecule has 1 aliphatic heterocycles. The molecule has 15 heavy (non-hydrogen) atoms. The van der Waals surface area contributed by atoms with Crippen molar-refractivity contribution in [2.45, 2.75) is 18.8 Å². The van der Waals surface area contributed by atoms with Crippen LogP contribution in [0.1, 0.15) is 24.5 Å². The summed E-state index contributed by atoms with van der Waals surface area (Å²) < 4.78 is 5.07. The lowest BCUT2D eigenvalue weighted by molar-refractivity contribution is -0.122. The number of hydrogen-bond acceptors (Lipinski definition) is 3. The van der Waals surface area contributed by atoms with E-state index in [-0.39, 0.29) is 5.91 Å². The zero-order valence-corrected chi connectivity index (χ0v) is 8.69. The first-order valence-electron chi connectivity index (χ1n) is 5.07. The van der Waals surface area contributed by atoms with E-state index in [0.29, 0.717) is 24.8 Å². The van der Waals surface area contributed by atoms with Gasteiger partial charge in [-0.2, -0.15) is 0 Å². The van der Waals surface area contributed by atoms with Crippen molar-refractivity contribution in [3.63, 3.8) is 0 Å². The molecule has 1 unspecified atom stereocenters. The van der Waals surface area contributed by atoms with Gasteiger partial charge in [-0.15, -0.1) is 0 Å².